The van der Waals surface area contributed by atoms with E-state index in [4.69, 9.17) is 0 Å². The van der Waals surface area contributed by atoms with Gasteiger partial charge in [0.2, 0.25) is 0 Å². The quantitative estimate of drug-likeness (QED) is 0.463. The fourth-order valence-corrected chi connectivity index (χ4v) is 3.88. The summed E-state index contributed by atoms with van der Waals surface area (Å²) in [6.07, 6.45) is 0.783. The largest absolute Gasteiger partial charge is 0.289 e. The minimum atomic E-state index is 0.204. The molecule has 1 aliphatic rings. The van der Waals surface area contributed by atoms with Crippen LogP contribution in [0, 0.1) is 0 Å². The first-order valence-electron chi connectivity index (χ1n) is 5.97. The van der Waals surface area contributed by atoms with Gasteiger partial charge in [-0.2, -0.15) is 0 Å². The Kier molecular flexibility index (Phi) is 1.97. The van der Waals surface area contributed by atoms with E-state index in [1.54, 1.807) is 11.3 Å². The summed E-state index contributed by atoms with van der Waals surface area (Å²) in [6, 6.07) is 16.2. The van der Waals surface area contributed by atoms with Crippen LogP contribution in [-0.2, 0) is 6.42 Å². The molecule has 0 amide bonds. The molecule has 0 bridgehead atoms. The predicted molar refractivity (Wildman–Crippen MR) is 76.3 cm³/mol. The van der Waals surface area contributed by atoms with Gasteiger partial charge in [-0.3, -0.25) is 4.79 Å². The lowest BCUT2D eigenvalue weighted by Crippen LogP contribution is -2.06. The maximum absolute atomic E-state index is 12.5. The van der Waals surface area contributed by atoms with E-state index in [2.05, 4.69) is 12.1 Å². The molecule has 0 radical (unpaired) electrons. The predicted octanol–water partition coefficient (Wildman–Crippen LogP) is 3.83. The third-order valence-electron chi connectivity index (χ3n) is 3.52. The van der Waals surface area contributed by atoms with Crippen molar-refractivity contribution in [2.75, 3.05) is 0 Å². The zero-order valence-electron chi connectivity index (χ0n) is 9.64. The Bertz CT molecular complexity index is 830. The van der Waals surface area contributed by atoms with E-state index in [0.717, 1.165) is 26.9 Å². The number of benzene rings is 2. The maximum Gasteiger partial charge on any atom is 0.192 e. The lowest BCUT2D eigenvalue weighted by atomic mass is 10.1. The van der Waals surface area contributed by atoms with E-state index >= 15 is 0 Å². The summed E-state index contributed by atoms with van der Waals surface area (Å²) in [5, 5.41) is 0.856. The van der Waals surface area contributed by atoms with Crippen molar-refractivity contribution in [2.45, 2.75) is 6.42 Å². The van der Waals surface area contributed by atoms with Crippen molar-refractivity contribution in [3.05, 3.63) is 69.9 Å². The fraction of sp³-hybridized carbons (Fsp3) is 0.0625. The van der Waals surface area contributed by atoms with Crippen LogP contribution in [0.2, 0.25) is 0 Å². The van der Waals surface area contributed by atoms with Crippen LogP contribution in [0.5, 0.6) is 0 Å². The Morgan fingerprint density at radius 1 is 0.944 bits per heavy atom. The second-order valence-electron chi connectivity index (χ2n) is 4.57. The summed E-state index contributed by atoms with van der Waals surface area (Å²) in [5.74, 6) is 0. The summed E-state index contributed by atoms with van der Waals surface area (Å²) >= 11 is 1.73. The van der Waals surface area contributed by atoms with E-state index in [1.165, 1.54) is 11.1 Å². The molecule has 0 fully saturated rings. The van der Waals surface area contributed by atoms with Gasteiger partial charge in [-0.25, -0.2) is 0 Å². The third-order valence-corrected chi connectivity index (χ3v) is 4.77. The molecule has 0 saturated carbocycles. The van der Waals surface area contributed by atoms with Crippen LogP contribution in [-0.4, -0.2) is 0 Å². The molecular formula is C16H10OS. The smallest absolute Gasteiger partial charge is 0.192 e. The van der Waals surface area contributed by atoms with Gasteiger partial charge in [-0.15, -0.1) is 11.3 Å². The normalized spacial score (nSPS) is 12.4. The third kappa shape index (κ3) is 1.24. The van der Waals surface area contributed by atoms with Crippen LogP contribution >= 0.6 is 11.3 Å². The van der Waals surface area contributed by atoms with Crippen molar-refractivity contribution in [1.82, 2.24) is 0 Å². The average molecular weight is 250 g/mol. The molecule has 4 rings (SSSR count). The van der Waals surface area contributed by atoms with Crippen molar-refractivity contribution in [1.29, 1.82) is 0 Å². The topological polar surface area (TPSA) is 17.1 Å². The molecule has 0 atom stereocenters. The summed E-state index contributed by atoms with van der Waals surface area (Å²) in [7, 11) is 0. The molecule has 0 aliphatic heterocycles. The van der Waals surface area contributed by atoms with E-state index in [-0.39, 0.29) is 5.43 Å². The first-order valence-corrected chi connectivity index (χ1v) is 6.79. The fourth-order valence-electron chi connectivity index (χ4n) is 2.64. The van der Waals surface area contributed by atoms with Gasteiger partial charge >= 0.3 is 0 Å². The molecule has 0 N–H and O–H groups in total. The second kappa shape index (κ2) is 3.53. The van der Waals surface area contributed by atoms with Crippen LogP contribution in [0.4, 0.5) is 0 Å². The van der Waals surface area contributed by atoms with Crippen molar-refractivity contribution in [3.63, 3.8) is 0 Å². The molecule has 3 aromatic rings. The first-order chi connectivity index (χ1) is 8.84. The Morgan fingerprint density at radius 3 is 2.67 bits per heavy atom. The molecule has 1 aliphatic carbocycles. The van der Waals surface area contributed by atoms with Crippen LogP contribution in [0.15, 0.2) is 53.3 Å². The maximum atomic E-state index is 12.5. The minimum Gasteiger partial charge on any atom is -0.289 e. The van der Waals surface area contributed by atoms with E-state index in [1.807, 2.05) is 36.4 Å². The monoisotopic (exact) mass is 250 g/mol. The van der Waals surface area contributed by atoms with Crippen molar-refractivity contribution < 1.29 is 0 Å². The van der Waals surface area contributed by atoms with Crippen LogP contribution < -0.4 is 5.43 Å². The molecule has 1 aromatic heterocycles. The van der Waals surface area contributed by atoms with Crippen molar-refractivity contribution in [3.8, 4) is 10.4 Å². The standard InChI is InChI=1S/C16H10OS/c17-15-12-7-3-4-8-14(12)18-16-11-6-2-1-5-10(11)9-13(15)16/h1-8H,9H2. The van der Waals surface area contributed by atoms with Crippen LogP contribution in [0.3, 0.4) is 0 Å². The zero-order chi connectivity index (χ0) is 12.1. The Hall–Kier alpha value is -1.93. The van der Waals surface area contributed by atoms with Gasteiger partial charge in [0.15, 0.2) is 5.43 Å². The lowest BCUT2D eigenvalue weighted by molar-refractivity contribution is 1.25. The molecule has 18 heavy (non-hydrogen) atoms. The number of hydrogen-bond donors (Lipinski definition) is 0. The highest BCUT2D eigenvalue weighted by atomic mass is 32.1. The Morgan fingerprint density at radius 2 is 1.72 bits per heavy atom. The van der Waals surface area contributed by atoms with Gasteiger partial charge in [0.1, 0.15) is 0 Å². The van der Waals surface area contributed by atoms with Gasteiger partial charge in [0.25, 0.3) is 0 Å². The Balaban J connectivity index is 2.16. The van der Waals surface area contributed by atoms with Crippen molar-refractivity contribution >= 4 is 21.4 Å². The highest BCUT2D eigenvalue weighted by Crippen LogP contribution is 2.39. The van der Waals surface area contributed by atoms with E-state index < -0.39 is 0 Å². The molecule has 2 heteroatoms. The summed E-state index contributed by atoms with van der Waals surface area (Å²) in [5.41, 5.74) is 3.69. The van der Waals surface area contributed by atoms with Gasteiger partial charge in [-0.1, -0.05) is 36.4 Å². The van der Waals surface area contributed by atoms with Gasteiger partial charge in [0.05, 0.1) is 0 Å². The second-order valence-corrected chi connectivity index (χ2v) is 5.62. The molecule has 2 aromatic carbocycles. The van der Waals surface area contributed by atoms with Crippen LogP contribution in [0.25, 0.3) is 20.5 Å². The molecule has 1 heterocycles. The highest BCUT2D eigenvalue weighted by molar-refractivity contribution is 7.21. The van der Waals surface area contributed by atoms with E-state index in [9.17, 15) is 4.79 Å². The number of fused-ring (bicyclic) bond motifs is 4. The number of hydrogen-bond acceptors (Lipinski definition) is 2. The van der Waals surface area contributed by atoms with Gasteiger partial charge < -0.3 is 0 Å². The molecule has 0 saturated heterocycles. The lowest BCUT2D eigenvalue weighted by Gasteiger charge is -2.02. The van der Waals surface area contributed by atoms with E-state index in [0.29, 0.717) is 0 Å². The average Bonchev–Trinajstić information content (AvgIpc) is 2.79. The molecule has 1 nitrogen and oxygen atoms in total. The molecule has 0 unspecified atom stereocenters. The number of rotatable bonds is 0. The molecule has 86 valence electrons. The minimum absolute atomic E-state index is 0.204. The Labute approximate surface area is 108 Å². The zero-order valence-corrected chi connectivity index (χ0v) is 10.5. The SMILES string of the molecule is O=c1c2c(sc3ccccc13)-c1ccccc1C2. The van der Waals surface area contributed by atoms with Crippen LogP contribution in [0.1, 0.15) is 11.1 Å². The summed E-state index contributed by atoms with van der Waals surface area (Å²) in [6.45, 7) is 0. The highest BCUT2D eigenvalue weighted by Gasteiger charge is 2.22. The molecular weight excluding hydrogens is 240 g/mol. The van der Waals surface area contributed by atoms with Gasteiger partial charge in [0, 0.05) is 26.9 Å². The van der Waals surface area contributed by atoms with Crippen molar-refractivity contribution in [2.24, 2.45) is 0 Å². The van der Waals surface area contributed by atoms with Gasteiger partial charge in [-0.05, 0) is 23.3 Å². The summed E-state index contributed by atoms with van der Waals surface area (Å²) in [4.78, 5) is 13.7. The first kappa shape index (κ1) is 10.0. The molecule has 0 spiro atoms. The summed E-state index contributed by atoms with van der Waals surface area (Å²) < 4.78 is 1.08.